The van der Waals surface area contributed by atoms with Gasteiger partial charge in [-0.25, -0.2) is 4.79 Å². The molecule has 1 saturated heterocycles. The number of rotatable bonds is 22. The van der Waals surface area contributed by atoms with Crippen LogP contribution < -0.4 is 11.4 Å². The highest BCUT2D eigenvalue weighted by molar-refractivity contribution is 7.52. The Morgan fingerprint density at radius 1 is 0.923 bits per heavy atom. The van der Waals surface area contributed by atoms with E-state index >= 15 is 0 Å². The zero-order chi connectivity index (χ0) is 28.5. The fourth-order valence-corrected chi connectivity index (χ4v) is 5.96. The molecule has 1 aromatic rings. The predicted molar refractivity (Wildman–Crippen MR) is 151 cm³/mol. The maximum absolute atomic E-state index is 12.4. The first-order chi connectivity index (χ1) is 18.7. The van der Waals surface area contributed by atoms with Gasteiger partial charge in [0, 0.05) is 26.1 Å². The van der Waals surface area contributed by atoms with Crippen molar-refractivity contribution in [3.05, 3.63) is 22.7 Å². The van der Waals surface area contributed by atoms with Crippen molar-refractivity contribution in [1.82, 2.24) is 9.55 Å². The van der Waals surface area contributed by atoms with Crippen molar-refractivity contribution in [1.29, 1.82) is 0 Å². The van der Waals surface area contributed by atoms with E-state index in [9.17, 15) is 24.5 Å². The summed E-state index contributed by atoms with van der Waals surface area (Å²) in [6, 6.07) is 1.37. The van der Waals surface area contributed by atoms with E-state index in [-0.39, 0.29) is 18.6 Å². The maximum atomic E-state index is 12.4. The molecule has 5 atom stereocenters. The molecule has 0 saturated carbocycles. The van der Waals surface area contributed by atoms with Crippen molar-refractivity contribution in [2.24, 2.45) is 0 Å². The number of nitrogens with two attached hydrogens (primary N) is 1. The van der Waals surface area contributed by atoms with E-state index in [0.29, 0.717) is 6.42 Å². The summed E-state index contributed by atoms with van der Waals surface area (Å²) in [5, 5.41) is 20.6. The molecular formula is C27H50N3O8P. The van der Waals surface area contributed by atoms with E-state index in [1.54, 1.807) is 7.11 Å². The molecule has 0 bridgehead atoms. The highest BCUT2D eigenvalue weighted by Crippen LogP contribution is 2.44. The number of ether oxygens (including phenoxy) is 2. The van der Waals surface area contributed by atoms with Gasteiger partial charge in [0.25, 0.3) is 0 Å². The summed E-state index contributed by atoms with van der Waals surface area (Å²) < 4.78 is 29.2. The van der Waals surface area contributed by atoms with Crippen LogP contribution in [-0.4, -0.2) is 69.5 Å². The lowest BCUT2D eigenvalue weighted by molar-refractivity contribution is -0.0524. The molecule has 0 radical (unpaired) electrons. The molecular weight excluding hydrogens is 525 g/mol. The fourth-order valence-electron chi connectivity index (χ4n) is 4.83. The van der Waals surface area contributed by atoms with Crippen LogP contribution in [0.1, 0.15) is 103 Å². The molecule has 39 heavy (non-hydrogen) atoms. The number of aliphatic hydroxyl groups is 2. The normalized spacial score (nSPS) is 22.8. The summed E-state index contributed by atoms with van der Waals surface area (Å²) >= 11 is 0. The molecule has 1 fully saturated rings. The van der Waals surface area contributed by atoms with Gasteiger partial charge in [-0.1, -0.05) is 83.5 Å². The summed E-state index contributed by atoms with van der Waals surface area (Å²) in [6.45, 7) is 0.497. The van der Waals surface area contributed by atoms with Gasteiger partial charge in [0.15, 0.2) is 6.23 Å². The molecule has 12 heteroatoms. The topological polar surface area (TPSA) is 166 Å². The third-order valence-electron chi connectivity index (χ3n) is 7.19. The van der Waals surface area contributed by atoms with E-state index in [2.05, 4.69) is 4.98 Å². The minimum Gasteiger partial charge on any atom is -0.387 e. The Morgan fingerprint density at radius 3 is 1.95 bits per heavy atom. The van der Waals surface area contributed by atoms with Crippen LogP contribution in [0.15, 0.2) is 17.1 Å². The smallest absolute Gasteiger partial charge is 0.351 e. The van der Waals surface area contributed by atoms with Crippen LogP contribution in [0.4, 0.5) is 5.82 Å². The minimum atomic E-state index is -3.86. The van der Waals surface area contributed by atoms with Gasteiger partial charge in [-0.05, 0) is 18.9 Å². The molecule has 0 aliphatic carbocycles. The molecule has 1 aliphatic rings. The number of hydrogen-bond acceptors (Lipinski definition) is 9. The Balaban J connectivity index is 1.48. The van der Waals surface area contributed by atoms with Gasteiger partial charge < -0.3 is 34.8 Å². The van der Waals surface area contributed by atoms with Gasteiger partial charge in [-0.2, -0.15) is 4.98 Å². The molecule has 1 aliphatic heterocycles. The Labute approximate surface area is 232 Å². The van der Waals surface area contributed by atoms with Crippen LogP contribution in [-0.2, 0) is 18.6 Å². The molecule has 0 aromatic carbocycles. The second kappa shape index (κ2) is 18.9. The highest BCUT2D eigenvalue weighted by Gasteiger charge is 2.45. The van der Waals surface area contributed by atoms with Crippen LogP contribution in [0.2, 0.25) is 0 Å². The Hall–Kier alpha value is -1.33. The maximum Gasteiger partial charge on any atom is 0.351 e. The first-order valence-corrected chi connectivity index (χ1v) is 16.3. The van der Waals surface area contributed by atoms with Crippen LogP contribution >= 0.6 is 7.60 Å². The van der Waals surface area contributed by atoms with E-state index < -0.39 is 37.8 Å². The standard InChI is InChI=1S/C27H50N3O8P/c1-36-19-15-13-11-9-7-5-3-2-4-6-8-10-12-14-16-20-39(34,35)37-21-22-24(31)25(32)26(38-22)30-18-17-23(28)29-27(30)33/h17-18,22,24-26,31-32H,2-16,19-21H2,1H3,(H,34,35)(H2,28,29,33)/t22-,24?,25-,26-/m1/s1. The van der Waals surface area contributed by atoms with Crippen LogP contribution in [0.3, 0.4) is 0 Å². The van der Waals surface area contributed by atoms with E-state index in [0.717, 1.165) is 30.4 Å². The minimum absolute atomic E-state index is 0.0203. The second-order valence-electron chi connectivity index (χ2n) is 10.5. The average Bonchev–Trinajstić information content (AvgIpc) is 3.18. The molecule has 11 nitrogen and oxygen atoms in total. The zero-order valence-electron chi connectivity index (χ0n) is 23.5. The van der Waals surface area contributed by atoms with Crippen LogP contribution in [0, 0.1) is 0 Å². The third-order valence-corrected chi connectivity index (χ3v) is 8.63. The average molecular weight is 576 g/mol. The number of hydrogen-bond donors (Lipinski definition) is 4. The zero-order valence-corrected chi connectivity index (χ0v) is 24.4. The first-order valence-electron chi connectivity index (χ1n) is 14.6. The summed E-state index contributed by atoms with van der Waals surface area (Å²) in [7, 11) is -2.11. The number of methoxy groups -OCH3 is 1. The van der Waals surface area contributed by atoms with Gasteiger partial charge in [-0.15, -0.1) is 0 Å². The number of aromatic nitrogens is 2. The summed E-state index contributed by atoms with van der Waals surface area (Å²) in [6.07, 6.45) is 13.9. The lowest BCUT2D eigenvalue weighted by atomic mass is 10.0. The number of nitrogen functional groups attached to an aromatic ring is 1. The molecule has 5 N–H and O–H groups in total. The van der Waals surface area contributed by atoms with Crippen molar-refractivity contribution in [3.63, 3.8) is 0 Å². The second-order valence-corrected chi connectivity index (χ2v) is 12.5. The number of unbranched alkanes of at least 4 members (excludes halogenated alkanes) is 14. The summed E-state index contributed by atoms with van der Waals surface area (Å²) in [4.78, 5) is 25.8. The lowest BCUT2D eigenvalue weighted by Crippen LogP contribution is -2.36. The Morgan fingerprint density at radius 2 is 1.44 bits per heavy atom. The van der Waals surface area contributed by atoms with Crippen molar-refractivity contribution in [3.8, 4) is 0 Å². The molecule has 226 valence electrons. The van der Waals surface area contributed by atoms with Crippen molar-refractivity contribution >= 4 is 13.4 Å². The van der Waals surface area contributed by atoms with Crippen LogP contribution in [0.5, 0.6) is 0 Å². The molecule has 2 rings (SSSR count). The van der Waals surface area contributed by atoms with Gasteiger partial charge in [-0.3, -0.25) is 9.13 Å². The monoisotopic (exact) mass is 575 g/mol. The quantitative estimate of drug-likeness (QED) is 0.117. The third kappa shape index (κ3) is 13.3. The van der Waals surface area contributed by atoms with Crippen LogP contribution in [0.25, 0.3) is 0 Å². The van der Waals surface area contributed by atoms with Gasteiger partial charge >= 0.3 is 13.3 Å². The predicted octanol–water partition coefficient (Wildman–Crippen LogP) is 4.14. The van der Waals surface area contributed by atoms with E-state index in [1.807, 2.05) is 0 Å². The lowest BCUT2D eigenvalue weighted by Gasteiger charge is -2.18. The number of aliphatic hydroxyl groups excluding tert-OH is 2. The number of nitrogens with zero attached hydrogens (tertiary/aromatic N) is 2. The van der Waals surface area contributed by atoms with E-state index in [4.69, 9.17) is 19.7 Å². The Bertz CT molecular complexity index is 902. The SMILES string of the molecule is COCCCCCCCCCCCCCCCCCP(=O)(O)OC[C@H]1O[C@@H](n2ccc(N)nc2=O)[C@H](O)C1O. The molecule has 2 heterocycles. The first kappa shape index (κ1) is 33.9. The molecule has 0 amide bonds. The largest absolute Gasteiger partial charge is 0.387 e. The molecule has 0 spiro atoms. The Kier molecular flexibility index (Phi) is 16.4. The van der Waals surface area contributed by atoms with Crippen molar-refractivity contribution in [2.45, 2.75) is 121 Å². The summed E-state index contributed by atoms with van der Waals surface area (Å²) in [5.41, 5.74) is 4.73. The fraction of sp³-hybridized carbons (Fsp3) is 0.852. The highest BCUT2D eigenvalue weighted by atomic mass is 31.2. The molecule has 1 aromatic heterocycles. The molecule has 2 unspecified atom stereocenters. The van der Waals surface area contributed by atoms with Crippen molar-refractivity contribution < 1.29 is 33.7 Å². The van der Waals surface area contributed by atoms with Gasteiger partial charge in [0.1, 0.15) is 24.1 Å². The van der Waals surface area contributed by atoms with Gasteiger partial charge in [0.05, 0.1) is 6.61 Å². The number of anilines is 1. The summed E-state index contributed by atoms with van der Waals surface area (Å²) in [5.74, 6) is 0.0203. The van der Waals surface area contributed by atoms with E-state index in [1.165, 1.54) is 82.9 Å². The van der Waals surface area contributed by atoms with Gasteiger partial charge in [0.2, 0.25) is 0 Å². The van der Waals surface area contributed by atoms with Crippen molar-refractivity contribution in [2.75, 3.05) is 32.2 Å².